The first-order valence-corrected chi connectivity index (χ1v) is 8.76. The van der Waals surface area contributed by atoms with E-state index in [0.29, 0.717) is 10.9 Å². The highest BCUT2D eigenvalue weighted by atomic mass is 35.5. The second-order valence-electron chi connectivity index (χ2n) is 5.46. The number of aromatic nitrogens is 3. The second-order valence-corrected chi connectivity index (χ2v) is 6.83. The van der Waals surface area contributed by atoms with Gasteiger partial charge in [-0.25, -0.2) is 0 Å². The SMILES string of the molecule is COc1ccc2[nH]c([S+]([O-])Cc3ncc(C)c(OC)c3C)nc2c1.Cl. The molecule has 0 amide bonds. The number of benzene rings is 1. The molecule has 0 aliphatic rings. The van der Waals surface area contributed by atoms with Crippen LogP contribution >= 0.6 is 12.4 Å². The van der Waals surface area contributed by atoms with Crippen molar-refractivity contribution in [3.63, 3.8) is 0 Å². The van der Waals surface area contributed by atoms with Gasteiger partial charge >= 0.3 is 5.16 Å². The lowest BCUT2D eigenvalue weighted by Gasteiger charge is -2.13. The van der Waals surface area contributed by atoms with Gasteiger partial charge < -0.3 is 14.0 Å². The minimum absolute atomic E-state index is 0. The van der Waals surface area contributed by atoms with Gasteiger partial charge in [-0.3, -0.25) is 9.97 Å². The zero-order valence-corrected chi connectivity index (χ0v) is 16.1. The number of imidazole rings is 1. The zero-order valence-electron chi connectivity index (χ0n) is 14.5. The summed E-state index contributed by atoms with van der Waals surface area (Å²) in [7, 11) is 3.23. The van der Waals surface area contributed by atoms with Crippen LogP contribution in [0.1, 0.15) is 16.8 Å². The second kappa shape index (κ2) is 7.95. The summed E-state index contributed by atoms with van der Waals surface area (Å²) < 4.78 is 23.3. The van der Waals surface area contributed by atoms with Crippen LogP contribution < -0.4 is 9.47 Å². The van der Waals surface area contributed by atoms with Crippen molar-refractivity contribution in [2.45, 2.75) is 24.8 Å². The summed E-state index contributed by atoms with van der Waals surface area (Å²) in [6.07, 6.45) is 1.74. The van der Waals surface area contributed by atoms with Gasteiger partial charge in [0.1, 0.15) is 11.5 Å². The minimum Gasteiger partial charge on any atom is -0.609 e. The first-order valence-electron chi connectivity index (χ1n) is 7.44. The summed E-state index contributed by atoms with van der Waals surface area (Å²) in [6, 6.07) is 5.51. The molecule has 1 N–H and O–H groups in total. The minimum atomic E-state index is -1.33. The molecule has 1 atom stereocenters. The molecule has 0 aliphatic heterocycles. The number of aryl methyl sites for hydroxylation is 1. The third-order valence-electron chi connectivity index (χ3n) is 3.90. The highest BCUT2D eigenvalue weighted by Gasteiger charge is 2.21. The standard InChI is InChI=1S/C17H19N3O3S.ClH/c1-10-8-18-15(11(2)16(10)23-4)9-24(21)17-19-13-6-5-12(22-3)7-14(13)20-17;/h5-8H,9H2,1-4H3,(H,19,20);1H. The van der Waals surface area contributed by atoms with Crippen molar-refractivity contribution in [3.8, 4) is 11.5 Å². The average molecular weight is 382 g/mol. The number of H-pyrrole nitrogens is 1. The smallest absolute Gasteiger partial charge is 0.322 e. The number of nitrogens with zero attached hydrogens (tertiary/aromatic N) is 2. The van der Waals surface area contributed by atoms with Crippen LogP contribution in [-0.2, 0) is 16.9 Å². The van der Waals surface area contributed by atoms with E-state index < -0.39 is 11.2 Å². The monoisotopic (exact) mass is 381 g/mol. The number of ether oxygens (including phenoxy) is 2. The predicted molar refractivity (Wildman–Crippen MR) is 100 cm³/mol. The first kappa shape index (κ1) is 19.4. The van der Waals surface area contributed by atoms with Gasteiger partial charge in [0.2, 0.25) is 0 Å². The lowest BCUT2D eigenvalue weighted by Crippen LogP contribution is -2.10. The van der Waals surface area contributed by atoms with Gasteiger partial charge in [-0.2, -0.15) is 4.98 Å². The molecule has 1 aromatic carbocycles. The normalized spacial score (nSPS) is 11.9. The number of hydrogen-bond donors (Lipinski definition) is 1. The van der Waals surface area contributed by atoms with E-state index in [1.54, 1.807) is 20.4 Å². The quantitative estimate of drug-likeness (QED) is 0.685. The van der Waals surface area contributed by atoms with Gasteiger partial charge in [0, 0.05) is 34.6 Å². The molecular weight excluding hydrogens is 362 g/mol. The van der Waals surface area contributed by atoms with Crippen molar-refractivity contribution in [2.75, 3.05) is 14.2 Å². The molecule has 0 saturated heterocycles. The van der Waals surface area contributed by atoms with E-state index in [0.717, 1.165) is 33.6 Å². The van der Waals surface area contributed by atoms with E-state index in [2.05, 4.69) is 15.0 Å². The summed E-state index contributed by atoms with van der Waals surface area (Å²) >= 11 is -1.33. The summed E-state index contributed by atoms with van der Waals surface area (Å²) in [5, 5.41) is 0.430. The Bertz CT molecular complexity index is 885. The van der Waals surface area contributed by atoms with Crippen LogP contribution in [0.15, 0.2) is 29.6 Å². The third-order valence-corrected chi connectivity index (χ3v) is 5.06. The fraction of sp³-hybridized carbons (Fsp3) is 0.294. The lowest BCUT2D eigenvalue weighted by atomic mass is 10.1. The van der Waals surface area contributed by atoms with Gasteiger partial charge in [-0.1, -0.05) is 0 Å². The van der Waals surface area contributed by atoms with Crippen molar-refractivity contribution in [1.29, 1.82) is 0 Å². The highest BCUT2D eigenvalue weighted by molar-refractivity contribution is 7.90. The van der Waals surface area contributed by atoms with Gasteiger partial charge in [0.05, 0.1) is 30.9 Å². The van der Waals surface area contributed by atoms with E-state index in [-0.39, 0.29) is 18.2 Å². The van der Waals surface area contributed by atoms with E-state index in [9.17, 15) is 4.55 Å². The van der Waals surface area contributed by atoms with Crippen molar-refractivity contribution < 1.29 is 14.0 Å². The number of hydrogen-bond acceptors (Lipinski definition) is 5. The van der Waals surface area contributed by atoms with Crippen LogP contribution in [0.2, 0.25) is 0 Å². The maximum absolute atomic E-state index is 12.7. The predicted octanol–water partition coefficient (Wildman–Crippen LogP) is 3.32. The van der Waals surface area contributed by atoms with Crippen molar-refractivity contribution >= 4 is 34.6 Å². The number of halogens is 1. The largest absolute Gasteiger partial charge is 0.609 e. The molecular formula is C17H20ClN3O3S. The zero-order chi connectivity index (χ0) is 17.3. The molecule has 0 saturated carbocycles. The number of methoxy groups -OCH3 is 2. The molecule has 8 heteroatoms. The molecule has 2 heterocycles. The molecule has 2 aromatic heterocycles. The summed E-state index contributed by atoms with van der Waals surface area (Å²) in [4.78, 5) is 11.9. The van der Waals surface area contributed by atoms with Crippen molar-refractivity contribution in [2.24, 2.45) is 0 Å². The molecule has 134 valence electrons. The molecule has 0 bridgehead atoms. The van der Waals surface area contributed by atoms with Gasteiger partial charge in [0.15, 0.2) is 5.75 Å². The number of rotatable bonds is 5. The Morgan fingerprint density at radius 2 is 1.96 bits per heavy atom. The Hall–Kier alpha value is -1.96. The Labute approximate surface area is 155 Å². The molecule has 3 aromatic rings. The van der Waals surface area contributed by atoms with Gasteiger partial charge in [-0.15, -0.1) is 12.4 Å². The van der Waals surface area contributed by atoms with E-state index in [4.69, 9.17) is 9.47 Å². The summed E-state index contributed by atoms with van der Waals surface area (Å²) in [5.41, 5.74) is 4.16. The molecule has 3 rings (SSSR count). The highest BCUT2D eigenvalue weighted by Crippen LogP contribution is 2.27. The molecule has 6 nitrogen and oxygen atoms in total. The number of pyridine rings is 1. The Morgan fingerprint density at radius 3 is 2.64 bits per heavy atom. The van der Waals surface area contributed by atoms with Gasteiger partial charge in [-0.05, 0) is 26.0 Å². The first-order chi connectivity index (χ1) is 11.5. The maximum atomic E-state index is 12.7. The van der Waals surface area contributed by atoms with E-state index >= 15 is 0 Å². The van der Waals surface area contributed by atoms with Crippen molar-refractivity contribution in [1.82, 2.24) is 15.0 Å². The van der Waals surface area contributed by atoms with Gasteiger partial charge in [0.25, 0.3) is 0 Å². The summed E-state index contributed by atoms with van der Waals surface area (Å²) in [5.74, 6) is 1.78. The Kier molecular flexibility index (Phi) is 6.16. The van der Waals surface area contributed by atoms with Crippen molar-refractivity contribution in [3.05, 3.63) is 41.2 Å². The van der Waals surface area contributed by atoms with Crippen LogP contribution in [-0.4, -0.2) is 33.7 Å². The third kappa shape index (κ3) is 3.84. The summed E-state index contributed by atoms with van der Waals surface area (Å²) in [6.45, 7) is 3.86. The fourth-order valence-corrected chi connectivity index (χ4v) is 3.71. The molecule has 0 aliphatic carbocycles. The van der Waals surface area contributed by atoms with Crippen LogP contribution in [0.4, 0.5) is 0 Å². The van der Waals surface area contributed by atoms with Crippen LogP contribution in [0.25, 0.3) is 11.0 Å². The molecule has 1 unspecified atom stereocenters. The molecule has 0 spiro atoms. The van der Waals surface area contributed by atoms with E-state index in [1.165, 1.54) is 0 Å². The topological polar surface area (TPSA) is 83.1 Å². The fourth-order valence-electron chi connectivity index (χ4n) is 2.61. The molecule has 0 radical (unpaired) electrons. The molecule has 0 fully saturated rings. The van der Waals surface area contributed by atoms with Crippen LogP contribution in [0.3, 0.4) is 0 Å². The lowest BCUT2D eigenvalue weighted by molar-refractivity contribution is 0.407. The van der Waals surface area contributed by atoms with Crippen LogP contribution in [0, 0.1) is 13.8 Å². The maximum Gasteiger partial charge on any atom is 0.322 e. The van der Waals surface area contributed by atoms with E-state index in [1.807, 2.05) is 32.0 Å². The number of nitrogens with one attached hydrogen (secondary N) is 1. The number of fused-ring (bicyclic) bond motifs is 1. The Morgan fingerprint density at radius 1 is 1.20 bits per heavy atom. The molecule has 25 heavy (non-hydrogen) atoms. The van der Waals surface area contributed by atoms with Crippen LogP contribution in [0.5, 0.6) is 11.5 Å². The number of aromatic amines is 1. The average Bonchev–Trinajstić information content (AvgIpc) is 3.01. The Balaban J connectivity index is 0.00000225.